The summed E-state index contributed by atoms with van der Waals surface area (Å²) in [6.45, 7) is 0. The number of benzene rings is 1. The van der Waals surface area contributed by atoms with Crippen LogP contribution in [0.4, 0.5) is 15.8 Å². The molecular formula is C10H6FN2O5-. The largest absolute Gasteiger partial charge is 0.545 e. The summed E-state index contributed by atoms with van der Waals surface area (Å²) >= 11 is 0. The average molecular weight is 253 g/mol. The van der Waals surface area contributed by atoms with Crippen molar-refractivity contribution in [3.05, 3.63) is 46.3 Å². The van der Waals surface area contributed by atoms with E-state index in [4.69, 9.17) is 0 Å². The Bertz CT molecular complexity index is 541. The number of hydrogen-bond donors (Lipinski definition) is 1. The minimum atomic E-state index is -1.59. The van der Waals surface area contributed by atoms with Crippen LogP contribution in [0.15, 0.2) is 30.4 Å². The SMILES string of the molecule is O=C([O-])/C=C/C(=O)Nc1cc([N+](=O)[O-])ccc1F. The number of nitrogens with zero attached hydrogens (tertiary/aromatic N) is 1. The second kappa shape index (κ2) is 5.53. The van der Waals surface area contributed by atoms with Crippen molar-refractivity contribution in [2.45, 2.75) is 0 Å². The van der Waals surface area contributed by atoms with E-state index in [0.717, 1.165) is 18.2 Å². The molecule has 0 bridgehead atoms. The standard InChI is InChI=1S/C10H7FN2O5/c11-7-2-1-6(13(17)18)5-8(7)12-9(14)3-4-10(15)16/h1-5H,(H,12,14)(H,15,16)/p-1/b4-3+. The van der Waals surface area contributed by atoms with Crippen molar-refractivity contribution in [2.24, 2.45) is 0 Å². The zero-order chi connectivity index (χ0) is 13.7. The second-order valence-electron chi connectivity index (χ2n) is 3.06. The molecule has 0 saturated carbocycles. The molecule has 8 heteroatoms. The molecule has 0 aromatic heterocycles. The van der Waals surface area contributed by atoms with Crippen LogP contribution in [-0.4, -0.2) is 16.8 Å². The third-order valence-electron chi connectivity index (χ3n) is 1.79. The van der Waals surface area contributed by atoms with Gasteiger partial charge in [0.25, 0.3) is 5.69 Å². The molecule has 0 aliphatic heterocycles. The summed E-state index contributed by atoms with van der Waals surface area (Å²) in [6, 6.07) is 2.57. The van der Waals surface area contributed by atoms with Crippen LogP contribution >= 0.6 is 0 Å². The van der Waals surface area contributed by atoms with E-state index < -0.39 is 34.0 Å². The first kappa shape index (κ1) is 13.3. The molecule has 0 radical (unpaired) electrons. The average Bonchev–Trinajstić information content (AvgIpc) is 2.29. The van der Waals surface area contributed by atoms with E-state index in [1.54, 1.807) is 0 Å². The number of nitro benzene ring substituents is 1. The molecule has 0 atom stereocenters. The molecule has 1 aromatic carbocycles. The van der Waals surface area contributed by atoms with Crippen LogP contribution in [0.5, 0.6) is 0 Å². The Morgan fingerprint density at radius 1 is 1.33 bits per heavy atom. The van der Waals surface area contributed by atoms with Gasteiger partial charge in [-0.1, -0.05) is 0 Å². The zero-order valence-electron chi connectivity index (χ0n) is 8.75. The van der Waals surface area contributed by atoms with Crippen molar-refractivity contribution in [3.63, 3.8) is 0 Å². The van der Waals surface area contributed by atoms with Crippen molar-refractivity contribution < 1.29 is 24.0 Å². The number of non-ortho nitro benzene ring substituents is 1. The topological polar surface area (TPSA) is 112 Å². The van der Waals surface area contributed by atoms with Gasteiger partial charge in [-0.15, -0.1) is 0 Å². The Balaban J connectivity index is 2.90. The van der Waals surface area contributed by atoms with E-state index in [1.807, 2.05) is 5.32 Å². The molecule has 0 fully saturated rings. The molecule has 0 unspecified atom stereocenters. The fourth-order valence-electron chi connectivity index (χ4n) is 1.04. The number of nitrogens with one attached hydrogen (secondary N) is 1. The molecular weight excluding hydrogens is 247 g/mol. The molecule has 94 valence electrons. The number of aliphatic carboxylic acids is 1. The third kappa shape index (κ3) is 3.67. The molecule has 1 rings (SSSR count). The maximum atomic E-state index is 13.2. The fraction of sp³-hybridized carbons (Fsp3) is 0. The molecule has 0 heterocycles. The number of carbonyl (C=O) groups excluding carboxylic acids is 2. The quantitative estimate of drug-likeness (QED) is 0.460. The highest BCUT2D eigenvalue weighted by molar-refractivity contribution is 6.02. The summed E-state index contributed by atoms with van der Waals surface area (Å²) in [6.07, 6.45) is 1.05. The summed E-state index contributed by atoms with van der Waals surface area (Å²) in [5.74, 6) is -3.42. The highest BCUT2D eigenvalue weighted by Gasteiger charge is 2.11. The van der Waals surface area contributed by atoms with E-state index in [0.29, 0.717) is 12.2 Å². The molecule has 7 nitrogen and oxygen atoms in total. The number of anilines is 1. The predicted molar refractivity (Wildman–Crippen MR) is 55.8 cm³/mol. The van der Waals surface area contributed by atoms with Gasteiger partial charge in [-0.25, -0.2) is 4.39 Å². The van der Waals surface area contributed by atoms with E-state index in [1.165, 1.54) is 0 Å². The molecule has 18 heavy (non-hydrogen) atoms. The van der Waals surface area contributed by atoms with Crippen LogP contribution in [0.1, 0.15) is 0 Å². The number of carboxylic acids is 1. The first-order valence-corrected chi connectivity index (χ1v) is 4.54. The predicted octanol–water partition coefficient (Wildman–Crippen LogP) is -0.0215. The number of rotatable bonds is 4. The highest BCUT2D eigenvalue weighted by atomic mass is 19.1. The smallest absolute Gasteiger partial charge is 0.271 e. The lowest BCUT2D eigenvalue weighted by atomic mass is 10.2. The molecule has 1 aromatic rings. The summed E-state index contributed by atoms with van der Waals surface area (Å²) in [5, 5.41) is 22.4. The zero-order valence-corrected chi connectivity index (χ0v) is 8.75. The lowest BCUT2D eigenvalue weighted by molar-refractivity contribution is -0.384. The van der Waals surface area contributed by atoms with Gasteiger partial charge in [0.15, 0.2) is 0 Å². The Labute approximate surface area is 99.7 Å². The number of carboxylic acid groups (broad SMARTS) is 1. The fourth-order valence-corrected chi connectivity index (χ4v) is 1.04. The van der Waals surface area contributed by atoms with E-state index in [-0.39, 0.29) is 0 Å². The normalized spacial score (nSPS) is 10.3. The van der Waals surface area contributed by atoms with Crippen molar-refractivity contribution in [2.75, 3.05) is 5.32 Å². The lowest BCUT2D eigenvalue weighted by Gasteiger charge is -2.03. The summed E-state index contributed by atoms with van der Waals surface area (Å²) < 4.78 is 13.2. The van der Waals surface area contributed by atoms with Gasteiger partial charge in [0.1, 0.15) is 5.82 Å². The van der Waals surface area contributed by atoms with Crippen LogP contribution in [-0.2, 0) is 9.59 Å². The van der Waals surface area contributed by atoms with Crippen LogP contribution in [0.25, 0.3) is 0 Å². The minimum Gasteiger partial charge on any atom is -0.545 e. The number of hydrogen-bond acceptors (Lipinski definition) is 5. The van der Waals surface area contributed by atoms with Crippen molar-refractivity contribution >= 4 is 23.3 Å². The van der Waals surface area contributed by atoms with Gasteiger partial charge in [-0.05, 0) is 12.1 Å². The number of halogens is 1. The van der Waals surface area contributed by atoms with Gasteiger partial charge in [-0.2, -0.15) is 0 Å². The van der Waals surface area contributed by atoms with Crippen LogP contribution in [0, 0.1) is 15.9 Å². The summed E-state index contributed by atoms with van der Waals surface area (Å²) in [7, 11) is 0. The Morgan fingerprint density at radius 3 is 2.56 bits per heavy atom. The van der Waals surface area contributed by atoms with Gasteiger partial charge in [0.05, 0.1) is 16.6 Å². The number of amides is 1. The minimum absolute atomic E-state index is 0.407. The maximum Gasteiger partial charge on any atom is 0.271 e. The first-order chi connectivity index (χ1) is 8.40. The van der Waals surface area contributed by atoms with Crippen LogP contribution < -0.4 is 10.4 Å². The molecule has 0 saturated heterocycles. The van der Waals surface area contributed by atoms with Gasteiger partial charge < -0.3 is 15.2 Å². The van der Waals surface area contributed by atoms with Crippen molar-refractivity contribution in [1.29, 1.82) is 0 Å². The highest BCUT2D eigenvalue weighted by Crippen LogP contribution is 2.21. The Kier molecular flexibility index (Phi) is 4.08. The van der Waals surface area contributed by atoms with Crippen molar-refractivity contribution in [1.82, 2.24) is 0 Å². The molecule has 0 aliphatic carbocycles. The summed E-state index contributed by atoms with van der Waals surface area (Å²) in [4.78, 5) is 30.8. The lowest BCUT2D eigenvalue weighted by Crippen LogP contribution is -2.20. The van der Waals surface area contributed by atoms with E-state index in [9.17, 15) is 29.2 Å². The number of carbonyl (C=O) groups is 2. The second-order valence-corrected chi connectivity index (χ2v) is 3.06. The van der Waals surface area contributed by atoms with Gasteiger partial charge in [-0.3, -0.25) is 14.9 Å². The van der Waals surface area contributed by atoms with Crippen LogP contribution in [0.2, 0.25) is 0 Å². The first-order valence-electron chi connectivity index (χ1n) is 4.54. The molecule has 1 N–H and O–H groups in total. The van der Waals surface area contributed by atoms with Crippen LogP contribution in [0.3, 0.4) is 0 Å². The molecule has 1 amide bonds. The molecule has 0 aliphatic rings. The monoisotopic (exact) mass is 253 g/mol. The summed E-state index contributed by atoms with van der Waals surface area (Å²) in [5.41, 5.74) is -0.826. The van der Waals surface area contributed by atoms with Gasteiger partial charge in [0.2, 0.25) is 5.91 Å². The van der Waals surface area contributed by atoms with Crippen molar-refractivity contribution in [3.8, 4) is 0 Å². The Hall–Kier alpha value is -2.77. The third-order valence-corrected chi connectivity index (χ3v) is 1.79. The Morgan fingerprint density at radius 2 is 2.00 bits per heavy atom. The number of nitro groups is 1. The van der Waals surface area contributed by atoms with Gasteiger partial charge >= 0.3 is 0 Å². The van der Waals surface area contributed by atoms with E-state index in [2.05, 4.69) is 0 Å². The van der Waals surface area contributed by atoms with E-state index >= 15 is 0 Å². The maximum absolute atomic E-state index is 13.2. The van der Waals surface area contributed by atoms with Gasteiger partial charge in [0, 0.05) is 18.2 Å². The molecule has 0 spiro atoms.